The molecule has 0 radical (unpaired) electrons. The maximum atomic E-state index is 13.0. The van der Waals surface area contributed by atoms with Crippen LogP contribution < -0.4 is 5.32 Å². The Balaban J connectivity index is 1.44. The van der Waals surface area contributed by atoms with Crippen molar-refractivity contribution in [1.29, 1.82) is 0 Å². The Morgan fingerprint density at radius 3 is 2.59 bits per heavy atom. The first-order valence-electron chi connectivity index (χ1n) is 11.7. The van der Waals surface area contributed by atoms with Crippen molar-refractivity contribution in [1.82, 2.24) is 19.9 Å². The van der Waals surface area contributed by atoms with Gasteiger partial charge in [0.25, 0.3) is 0 Å². The van der Waals surface area contributed by atoms with Crippen molar-refractivity contribution in [2.45, 2.75) is 44.4 Å². The third-order valence-electron chi connectivity index (χ3n) is 6.55. The smallest absolute Gasteiger partial charge is 0.225 e. The Kier molecular flexibility index (Phi) is 6.10. The SMILES string of the molecule is O=C(C1CCCC1)N1CCC[C@H](c2nc(Nc3ccccc3)cc(-c3cccnc3)n2)C1. The Hall–Kier alpha value is -3.28. The average molecular weight is 428 g/mol. The van der Waals surface area contributed by atoms with Crippen molar-refractivity contribution >= 4 is 17.4 Å². The first-order valence-corrected chi connectivity index (χ1v) is 11.7. The summed E-state index contributed by atoms with van der Waals surface area (Å²) in [6.45, 7) is 1.56. The molecule has 0 unspecified atom stereocenters. The zero-order valence-corrected chi connectivity index (χ0v) is 18.3. The Bertz CT molecular complexity index is 1050. The summed E-state index contributed by atoms with van der Waals surface area (Å²) in [5.74, 6) is 2.25. The number of anilines is 2. The van der Waals surface area contributed by atoms with E-state index in [0.717, 1.165) is 60.8 Å². The number of nitrogens with one attached hydrogen (secondary N) is 1. The third-order valence-corrected chi connectivity index (χ3v) is 6.55. The summed E-state index contributed by atoms with van der Waals surface area (Å²) in [4.78, 5) is 29.2. The van der Waals surface area contributed by atoms with Crippen LogP contribution >= 0.6 is 0 Å². The highest BCUT2D eigenvalue weighted by molar-refractivity contribution is 5.79. The number of benzene rings is 1. The summed E-state index contributed by atoms with van der Waals surface area (Å²) in [6.07, 6.45) is 10.0. The quantitative estimate of drug-likeness (QED) is 0.608. The van der Waals surface area contributed by atoms with Gasteiger partial charge in [0.15, 0.2) is 0 Å². The number of hydrogen-bond donors (Lipinski definition) is 1. The summed E-state index contributed by atoms with van der Waals surface area (Å²) in [5, 5.41) is 3.42. The molecule has 1 saturated carbocycles. The summed E-state index contributed by atoms with van der Waals surface area (Å²) in [5.41, 5.74) is 2.79. The van der Waals surface area contributed by atoms with Crippen LogP contribution in [-0.2, 0) is 4.79 Å². The summed E-state index contributed by atoms with van der Waals surface area (Å²) in [7, 11) is 0. The second-order valence-electron chi connectivity index (χ2n) is 8.83. The van der Waals surface area contributed by atoms with Gasteiger partial charge in [-0.2, -0.15) is 0 Å². The van der Waals surface area contributed by atoms with Gasteiger partial charge in [-0.25, -0.2) is 9.97 Å². The van der Waals surface area contributed by atoms with Crippen LogP contribution in [0, 0.1) is 5.92 Å². The number of carbonyl (C=O) groups is 1. The topological polar surface area (TPSA) is 71.0 Å². The van der Waals surface area contributed by atoms with Gasteiger partial charge in [0.2, 0.25) is 5.91 Å². The number of carbonyl (C=O) groups excluding carboxylic acids is 1. The molecule has 3 aromatic rings. The zero-order valence-electron chi connectivity index (χ0n) is 18.3. The van der Waals surface area contributed by atoms with Crippen LogP contribution in [0.2, 0.25) is 0 Å². The lowest BCUT2D eigenvalue weighted by molar-refractivity contribution is -0.136. The van der Waals surface area contributed by atoms with Crippen molar-refractivity contribution in [3.63, 3.8) is 0 Å². The molecule has 1 aromatic carbocycles. The summed E-state index contributed by atoms with van der Waals surface area (Å²) < 4.78 is 0. The molecular weight excluding hydrogens is 398 g/mol. The zero-order chi connectivity index (χ0) is 21.8. The monoisotopic (exact) mass is 427 g/mol. The average Bonchev–Trinajstić information content (AvgIpc) is 3.40. The van der Waals surface area contributed by atoms with Gasteiger partial charge >= 0.3 is 0 Å². The highest BCUT2D eigenvalue weighted by Crippen LogP contribution is 2.32. The number of nitrogens with zero attached hydrogens (tertiary/aromatic N) is 4. The fourth-order valence-corrected chi connectivity index (χ4v) is 4.86. The highest BCUT2D eigenvalue weighted by atomic mass is 16.2. The van der Waals surface area contributed by atoms with Gasteiger partial charge in [-0.05, 0) is 49.9 Å². The standard InChI is InChI=1S/C26H29N5O/c32-26(19-8-4-5-9-19)31-15-7-11-21(18-31)25-29-23(20-10-6-14-27-17-20)16-24(30-25)28-22-12-2-1-3-13-22/h1-3,6,10,12-14,16-17,19,21H,4-5,7-9,11,15,18H2,(H,28,29,30)/t21-/m0/s1. The molecule has 1 N–H and O–H groups in total. The summed E-state index contributed by atoms with van der Waals surface area (Å²) >= 11 is 0. The van der Waals surface area contributed by atoms with Crippen molar-refractivity contribution in [2.75, 3.05) is 18.4 Å². The van der Waals surface area contributed by atoms with Gasteiger partial charge in [-0.1, -0.05) is 31.0 Å². The number of para-hydroxylation sites is 1. The first kappa shape index (κ1) is 20.6. The molecule has 2 aliphatic rings. The fourth-order valence-electron chi connectivity index (χ4n) is 4.86. The van der Waals surface area contributed by atoms with Crippen LogP contribution in [-0.4, -0.2) is 38.8 Å². The van der Waals surface area contributed by atoms with Gasteiger partial charge in [-0.3, -0.25) is 9.78 Å². The van der Waals surface area contributed by atoms with E-state index >= 15 is 0 Å². The molecule has 1 aliphatic heterocycles. The molecule has 1 aliphatic carbocycles. The lowest BCUT2D eigenvalue weighted by Gasteiger charge is -2.34. The minimum Gasteiger partial charge on any atom is -0.342 e. The molecular formula is C26H29N5O. The van der Waals surface area contributed by atoms with E-state index in [0.29, 0.717) is 12.5 Å². The Labute approximate surface area is 189 Å². The predicted octanol–water partition coefficient (Wildman–Crippen LogP) is 5.18. The lowest BCUT2D eigenvalue weighted by Crippen LogP contribution is -2.42. The number of hydrogen-bond acceptors (Lipinski definition) is 5. The van der Waals surface area contributed by atoms with Crippen LogP contribution in [0.3, 0.4) is 0 Å². The van der Waals surface area contributed by atoms with Crippen molar-refractivity contribution < 1.29 is 4.79 Å². The number of pyridine rings is 1. The molecule has 6 heteroatoms. The van der Waals surface area contributed by atoms with Crippen molar-refractivity contribution in [3.8, 4) is 11.3 Å². The molecule has 164 valence electrons. The van der Waals surface area contributed by atoms with Gasteiger partial charge in [0.05, 0.1) is 5.69 Å². The third kappa shape index (κ3) is 4.64. The van der Waals surface area contributed by atoms with Crippen LogP contribution in [0.25, 0.3) is 11.3 Å². The molecule has 5 rings (SSSR count). The van der Waals surface area contributed by atoms with E-state index in [2.05, 4.69) is 15.2 Å². The highest BCUT2D eigenvalue weighted by Gasteiger charge is 2.32. The maximum absolute atomic E-state index is 13.0. The van der Waals surface area contributed by atoms with Crippen LogP contribution in [0.5, 0.6) is 0 Å². The number of aromatic nitrogens is 3. The largest absolute Gasteiger partial charge is 0.342 e. The van der Waals surface area contributed by atoms with E-state index < -0.39 is 0 Å². The van der Waals surface area contributed by atoms with E-state index in [1.807, 2.05) is 54.7 Å². The first-order chi connectivity index (χ1) is 15.8. The molecule has 1 amide bonds. The van der Waals surface area contributed by atoms with Gasteiger partial charge < -0.3 is 10.2 Å². The molecule has 0 bridgehead atoms. The second-order valence-corrected chi connectivity index (χ2v) is 8.83. The fraction of sp³-hybridized carbons (Fsp3) is 0.385. The van der Waals surface area contributed by atoms with Crippen LogP contribution in [0.1, 0.15) is 50.3 Å². The Morgan fingerprint density at radius 1 is 0.969 bits per heavy atom. The number of piperidine rings is 1. The van der Waals surface area contributed by atoms with Crippen molar-refractivity contribution in [2.24, 2.45) is 5.92 Å². The van der Waals surface area contributed by atoms with Gasteiger partial charge in [-0.15, -0.1) is 0 Å². The van der Waals surface area contributed by atoms with Crippen molar-refractivity contribution in [3.05, 3.63) is 66.7 Å². The van der Waals surface area contributed by atoms with Crippen LogP contribution in [0.15, 0.2) is 60.9 Å². The molecule has 1 saturated heterocycles. The van der Waals surface area contributed by atoms with Gasteiger partial charge in [0.1, 0.15) is 11.6 Å². The van der Waals surface area contributed by atoms with E-state index in [-0.39, 0.29) is 11.8 Å². The molecule has 2 aromatic heterocycles. The molecule has 0 spiro atoms. The molecule has 3 heterocycles. The summed E-state index contributed by atoms with van der Waals surface area (Å²) in [6, 6.07) is 15.9. The number of likely N-dealkylation sites (tertiary alicyclic amines) is 1. The minimum atomic E-state index is 0.141. The second kappa shape index (κ2) is 9.47. The normalized spacial score (nSPS) is 19.1. The Morgan fingerprint density at radius 2 is 1.81 bits per heavy atom. The molecule has 1 atom stereocenters. The number of rotatable bonds is 5. The van der Waals surface area contributed by atoms with E-state index in [9.17, 15) is 4.79 Å². The van der Waals surface area contributed by atoms with E-state index in [1.54, 1.807) is 6.20 Å². The van der Waals surface area contributed by atoms with Gasteiger partial charge in [0, 0.05) is 54.6 Å². The molecule has 32 heavy (non-hydrogen) atoms. The number of amides is 1. The molecule has 2 fully saturated rings. The lowest BCUT2D eigenvalue weighted by atomic mass is 9.95. The molecule has 6 nitrogen and oxygen atoms in total. The predicted molar refractivity (Wildman–Crippen MR) is 126 cm³/mol. The van der Waals surface area contributed by atoms with E-state index in [1.165, 1.54) is 12.8 Å². The minimum absolute atomic E-state index is 0.141. The maximum Gasteiger partial charge on any atom is 0.225 e. The van der Waals surface area contributed by atoms with E-state index in [4.69, 9.17) is 9.97 Å². The van der Waals surface area contributed by atoms with Crippen LogP contribution in [0.4, 0.5) is 11.5 Å².